The van der Waals surface area contributed by atoms with Gasteiger partial charge in [-0.15, -0.1) is 0 Å². The van der Waals surface area contributed by atoms with E-state index in [0.717, 1.165) is 35.4 Å². The van der Waals surface area contributed by atoms with E-state index in [2.05, 4.69) is 10.1 Å². The van der Waals surface area contributed by atoms with Crippen LogP contribution >= 0.6 is 0 Å². The molecule has 7 nitrogen and oxygen atoms in total. The molecule has 1 N–H and O–H groups in total. The second kappa shape index (κ2) is 8.41. The van der Waals surface area contributed by atoms with E-state index in [1.807, 2.05) is 4.72 Å². The Kier molecular flexibility index (Phi) is 6.00. The first-order valence-corrected chi connectivity index (χ1v) is 11.8. The number of amidine groups is 1. The van der Waals surface area contributed by atoms with Crippen LogP contribution in [0.3, 0.4) is 0 Å². The van der Waals surface area contributed by atoms with E-state index in [0.29, 0.717) is 6.20 Å². The quantitative estimate of drug-likeness (QED) is 0.629. The van der Waals surface area contributed by atoms with Crippen LogP contribution in [0.25, 0.3) is 11.1 Å². The molecule has 184 valence electrons. The molecule has 2 aliphatic rings. The third-order valence-electron chi connectivity index (χ3n) is 5.54. The fourth-order valence-electron chi connectivity index (χ4n) is 4.00. The first kappa shape index (κ1) is 24.3. The highest BCUT2D eigenvalue weighted by molar-refractivity contribution is 7.88. The Morgan fingerprint density at radius 1 is 1.24 bits per heavy atom. The summed E-state index contributed by atoms with van der Waals surface area (Å²) in [4.78, 5) is 10.1. The number of likely N-dealkylation sites (tertiary alicyclic amines) is 1. The zero-order valence-electron chi connectivity index (χ0n) is 17.5. The molecule has 0 bridgehead atoms. The molecule has 4 rings (SSSR count). The van der Waals surface area contributed by atoms with Gasteiger partial charge in [-0.25, -0.2) is 39.5 Å². The summed E-state index contributed by atoms with van der Waals surface area (Å²) in [6.45, 7) is -2.76. The SMILES string of the molecule is CS(=O)(=O)N[C@@H]1CN(C2=NO[C@](CF)(c3ncc(F)cc3-c3c(F)cccc3F)C2)CC1(F)F. The molecule has 0 unspecified atom stereocenters. The minimum absolute atomic E-state index is 0.152. The topological polar surface area (TPSA) is 83.9 Å². The van der Waals surface area contributed by atoms with E-state index < -0.39 is 82.4 Å². The predicted molar refractivity (Wildman–Crippen MR) is 109 cm³/mol. The normalized spacial score (nSPS) is 24.3. The molecule has 0 spiro atoms. The summed E-state index contributed by atoms with van der Waals surface area (Å²) in [6, 6.07) is 1.94. The number of alkyl halides is 3. The molecule has 0 radical (unpaired) electrons. The number of rotatable bonds is 5. The smallest absolute Gasteiger partial charge is 0.282 e. The number of halogens is 6. The van der Waals surface area contributed by atoms with E-state index in [4.69, 9.17) is 4.84 Å². The van der Waals surface area contributed by atoms with Gasteiger partial charge in [0.25, 0.3) is 5.92 Å². The summed E-state index contributed by atoms with van der Waals surface area (Å²) in [5, 5.41) is 3.69. The van der Waals surface area contributed by atoms with E-state index in [-0.39, 0.29) is 11.5 Å². The third kappa shape index (κ3) is 4.43. The molecule has 14 heteroatoms. The van der Waals surface area contributed by atoms with Gasteiger partial charge in [-0.1, -0.05) is 11.2 Å². The molecule has 1 aromatic heterocycles. The molecule has 0 aliphatic carbocycles. The van der Waals surface area contributed by atoms with Gasteiger partial charge in [0.15, 0.2) is 0 Å². The third-order valence-corrected chi connectivity index (χ3v) is 6.25. The van der Waals surface area contributed by atoms with Gasteiger partial charge < -0.3 is 9.74 Å². The molecule has 2 atom stereocenters. The lowest BCUT2D eigenvalue weighted by atomic mass is 9.89. The average Bonchev–Trinajstić information content (AvgIpc) is 3.29. The van der Waals surface area contributed by atoms with Crippen LogP contribution in [0, 0.1) is 17.5 Å². The van der Waals surface area contributed by atoms with E-state index >= 15 is 0 Å². The molecular weight excluding hydrogens is 490 g/mol. The van der Waals surface area contributed by atoms with Crippen LogP contribution in [0.4, 0.5) is 26.3 Å². The maximum atomic E-state index is 14.4. The van der Waals surface area contributed by atoms with Crippen LogP contribution in [0.15, 0.2) is 35.6 Å². The zero-order chi connectivity index (χ0) is 24.9. The van der Waals surface area contributed by atoms with Crippen LogP contribution in [0.1, 0.15) is 12.1 Å². The highest BCUT2D eigenvalue weighted by Gasteiger charge is 2.53. The van der Waals surface area contributed by atoms with Crippen LogP contribution in [-0.2, 0) is 20.5 Å². The summed E-state index contributed by atoms with van der Waals surface area (Å²) in [7, 11) is -3.95. The minimum atomic E-state index is -3.95. The van der Waals surface area contributed by atoms with Crippen LogP contribution in [0.5, 0.6) is 0 Å². The van der Waals surface area contributed by atoms with Crippen molar-refractivity contribution in [3.05, 3.63) is 53.6 Å². The Hall–Kier alpha value is -2.87. The van der Waals surface area contributed by atoms with Crippen molar-refractivity contribution in [1.29, 1.82) is 0 Å². The van der Waals surface area contributed by atoms with Crippen molar-refractivity contribution in [3.8, 4) is 11.1 Å². The van der Waals surface area contributed by atoms with Gasteiger partial charge >= 0.3 is 0 Å². The van der Waals surface area contributed by atoms with E-state index in [9.17, 15) is 34.8 Å². The van der Waals surface area contributed by atoms with Crippen molar-refractivity contribution in [2.75, 3.05) is 26.0 Å². The van der Waals surface area contributed by atoms with Gasteiger partial charge in [-0.05, 0) is 18.2 Å². The Morgan fingerprint density at radius 3 is 2.53 bits per heavy atom. The molecule has 2 aliphatic heterocycles. The molecule has 2 aromatic rings. The van der Waals surface area contributed by atoms with Gasteiger partial charge in [0.05, 0.1) is 36.7 Å². The Balaban J connectivity index is 1.68. The van der Waals surface area contributed by atoms with E-state index in [1.54, 1.807) is 0 Å². The van der Waals surface area contributed by atoms with Crippen molar-refractivity contribution in [2.24, 2.45) is 5.16 Å². The summed E-state index contributed by atoms with van der Waals surface area (Å²) < 4.78 is 111. The lowest BCUT2D eigenvalue weighted by Crippen LogP contribution is -2.46. The number of pyridine rings is 1. The first-order valence-electron chi connectivity index (χ1n) is 9.87. The van der Waals surface area contributed by atoms with Gasteiger partial charge in [0, 0.05) is 12.1 Å². The molecule has 1 saturated heterocycles. The Morgan fingerprint density at radius 2 is 1.91 bits per heavy atom. The average molecular weight is 508 g/mol. The Bertz CT molecular complexity index is 1240. The number of benzene rings is 1. The zero-order valence-corrected chi connectivity index (χ0v) is 18.4. The maximum Gasteiger partial charge on any atom is 0.282 e. The number of nitrogens with one attached hydrogen (secondary N) is 1. The fourth-order valence-corrected chi connectivity index (χ4v) is 4.76. The lowest BCUT2D eigenvalue weighted by Gasteiger charge is -2.26. The van der Waals surface area contributed by atoms with Crippen molar-refractivity contribution in [3.63, 3.8) is 0 Å². The summed E-state index contributed by atoms with van der Waals surface area (Å²) in [5.41, 5.74) is -3.55. The predicted octanol–water partition coefficient (Wildman–Crippen LogP) is 2.93. The number of oxime groups is 1. The summed E-state index contributed by atoms with van der Waals surface area (Å²) in [6.07, 6.45) is 0.957. The van der Waals surface area contributed by atoms with Crippen LogP contribution < -0.4 is 4.72 Å². The van der Waals surface area contributed by atoms with Gasteiger partial charge in [0.2, 0.25) is 15.6 Å². The van der Waals surface area contributed by atoms with Crippen LogP contribution in [0.2, 0.25) is 0 Å². The highest BCUT2D eigenvalue weighted by Crippen LogP contribution is 2.42. The molecule has 34 heavy (non-hydrogen) atoms. The van der Waals surface area contributed by atoms with Crippen molar-refractivity contribution < 1.29 is 39.6 Å². The number of aromatic nitrogens is 1. The molecular formula is C20H18F6N4O3S. The number of hydrogen-bond acceptors (Lipinski definition) is 6. The number of sulfonamides is 1. The van der Waals surface area contributed by atoms with Gasteiger partial charge in [-0.2, -0.15) is 0 Å². The van der Waals surface area contributed by atoms with Crippen LogP contribution in [-0.4, -0.2) is 62.1 Å². The molecule has 1 fully saturated rings. The van der Waals surface area contributed by atoms with E-state index in [1.165, 1.54) is 0 Å². The fraction of sp³-hybridized carbons (Fsp3) is 0.400. The standard InChI is InChI=1S/C20H18F6N4O3S/c1-34(31,32)29-15-8-30(10-20(15,25)26)16-6-19(9-21,33-28-16)18-12(5-11(22)7-27-18)17-13(23)3-2-4-14(17)24/h2-5,7,15,29H,6,8-10H2,1H3/t15-,19-/m1/s1. The highest BCUT2D eigenvalue weighted by atomic mass is 32.2. The number of nitrogens with zero attached hydrogens (tertiary/aromatic N) is 3. The van der Waals surface area contributed by atoms with Crippen molar-refractivity contribution in [1.82, 2.24) is 14.6 Å². The Labute approximate surface area is 190 Å². The molecule has 0 amide bonds. The summed E-state index contributed by atoms with van der Waals surface area (Å²) in [5.74, 6) is -6.70. The maximum absolute atomic E-state index is 14.4. The summed E-state index contributed by atoms with van der Waals surface area (Å²) >= 11 is 0. The van der Waals surface area contributed by atoms with Gasteiger partial charge in [0.1, 0.15) is 36.0 Å². The van der Waals surface area contributed by atoms with Crippen molar-refractivity contribution >= 4 is 15.9 Å². The first-order chi connectivity index (χ1) is 15.8. The van der Waals surface area contributed by atoms with Crippen molar-refractivity contribution in [2.45, 2.75) is 24.0 Å². The lowest BCUT2D eigenvalue weighted by molar-refractivity contribution is -0.0435. The minimum Gasteiger partial charge on any atom is -0.378 e. The molecule has 3 heterocycles. The second-order valence-corrected chi connectivity index (χ2v) is 9.91. The monoisotopic (exact) mass is 508 g/mol. The molecule has 0 saturated carbocycles. The second-order valence-electron chi connectivity index (χ2n) is 8.13. The number of hydrogen-bond donors (Lipinski definition) is 1. The molecule has 1 aromatic carbocycles. The largest absolute Gasteiger partial charge is 0.378 e. The van der Waals surface area contributed by atoms with Gasteiger partial charge in [-0.3, -0.25) is 4.98 Å².